The molecule has 2 aromatic heterocycles. The number of benzene rings is 1. The molecule has 0 saturated heterocycles. The summed E-state index contributed by atoms with van der Waals surface area (Å²) in [6.07, 6.45) is 0. The van der Waals surface area contributed by atoms with Gasteiger partial charge in [0.1, 0.15) is 12.4 Å². The highest BCUT2D eigenvalue weighted by Crippen LogP contribution is 2.30. The van der Waals surface area contributed by atoms with E-state index >= 15 is 0 Å². The molecule has 0 aliphatic rings. The predicted molar refractivity (Wildman–Crippen MR) is 71.0 cm³/mol. The summed E-state index contributed by atoms with van der Waals surface area (Å²) >= 11 is 1.62. The average molecular weight is 257 g/mol. The Morgan fingerprint density at radius 3 is 2.61 bits per heavy atom. The van der Waals surface area contributed by atoms with E-state index in [-0.39, 0.29) is 6.73 Å². The van der Waals surface area contributed by atoms with Crippen LogP contribution in [0.5, 0.6) is 0 Å². The minimum Gasteiger partial charge on any atom is -0.374 e. The third kappa shape index (κ3) is 1.83. The maximum absolute atomic E-state index is 9.35. The van der Waals surface area contributed by atoms with Crippen LogP contribution < -0.4 is 0 Å². The van der Waals surface area contributed by atoms with Crippen LogP contribution in [0.25, 0.3) is 22.5 Å². The molecule has 3 aromatic rings. The van der Waals surface area contributed by atoms with E-state index in [0.29, 0.717) is 0 Å². The highest BCUT2D eigenvalue weighted by atomic mass is 32.1. The third-order valence-corrected chi connectivity index (χ3v) is 3.39. The number of aliphatic hydroxyl groups excluding tert-OH is 1. The number of hydrogen-bond acceptors (Lipinski definition) is 4. The highest BCUT2D eigenvalue weighted by Gasteiger charge is 2.15. The molecule has 0 aliphatic heterocycles. The minimum absolute atomic E-state index is 0.179. The zero-order valence-electron chi connectivity index (χ0n) is 9.52. The Morgan fingerprint density at radius 2 is 1.94 bits per heavy atom. The van der Waals surface area contributed by atoms with Crippen molar-refractivity contribution in [3.8, 4) is 22.5 Å². The van der Waals surface area contributed by atoms with Gasteiger partial charge in [0.15, 0.2) is 0 Å². The van der Waals surface area contributed by atoms with E-state index in [1.165, 1.54) is 4.68 Å². The van der Waals surface area contributed by atoms with E-state index in [1.807, 2.05) is 47.2 Å². The Kier molecular flexibility index (Phi) is 2.92. The first-order chi connectivity index (χ1) is 8.90. The summed E-state index contributed by atoms with van der Waals surface area (Å²) in [5, 5.41) is 21.5. The van der Waals surface area contributed by atoms with Crippen molar-refractivity contribution in [3.05, 3.63) is 47.2 Å². The van der Waals surface area contributed by atoms with Crippen molar-refractivity contribution in [1.29, 1.82) is 0 Å². The lowest BCUT2D eigenvalue weighted by Gasteiger charge is -2.04. The van der Waals surface area contributed by atoms with Crippen LogP contribution in [0.4, 0.5) is 0 Å². The van der Waals surface area contributed by atoms with Crippen LogP contribution >= 0.6 is 11.3 Å². The quantitative estimate of drug-likeness (QED) is 0.784. The molecule has 0 amide bonds. The lowest BCUT2D eigenvalue weighted by atomic mass is 10.1. The first-order valence-electron chi connectivity index (χ1n) is 5.52. The van der Waals surface area contributed by atoms with Gasteiger partial charge in [0.05, 0.1) is 5.69 Å². The first kappa shape index (κ1) is 11.1. The summed E-state index contributed by atoms with van der Waals surface area (Å²) in [4.78, 5) is 0. The van der Waals surface area contributed by atoms with E-state index in [4.69, 9.17) is 0 Å². The van der Waals surface area contributed by atoms with E-state index in [1.54, 1.807) is 11.3 Å². The molecular formula is C13H11N3OS. The Labute approximate surface area is 108 Å². The zero-order chi connectivity index (χ0) is 12.4. The maximum atomic E-state index is 9.35. The number of aliphatic hydroxyl groups is 1. The molecule has 18 heavy (non-hydrogen) atoms. The molecule has 0 spiro atoms. The molecule has 0 aliphatic carbocycles. The molecule has 2 heterocycles. The Balaban J connectivity index is 2.20. The van der Waals surface area contributed by atoms with Gasteiger partial charge in [-0.2, -0.15) is 11.3 Å². The summed E-state index contributed by atoms with van der Waals surface area (Å²) < 4.78 is 1.50. The second-order valence-electron chi connectivity index (χ2n) is 3.81. The van der Waals surface area contributed by atoms with Gasteiger partial charge in [-0.3, -0.25) is 0 Å². The summed E-state index contributed by atoms with van der Waals surface area (Å²) in [6.45, 7) is -0.179. The fourth-order valence-corrected chi connectivity index (χ4v) is 2.53. The fourth-order valence-electron chi connectivity index (χ4n) is 1.89. The normalized spacial score (nSPS) is 10.7. The highest BCUT2D eigenvalue weighted by molar-refractivity contribution is 7.08. The molecule has 0 fully saturated rings. The lowest BCUT2D eigenvalue weighted by molar-refractivity contribution is 0.194. The van der Waals surface area contributed by atoms with Crippen LogP contribution in [-0.2, 0) is 6.73 Å². The van der Waals surface area contributed by atoms with Gasteiger partial charge in [0, 0.05) is 16.5 Å². The summed E-state index contributed by atoms with van der Waals surface area (Å²) in [5.41, 5.74) is 3.67. The van der Waals surface area contributed by atoms with E-state index in [2.05, 4.69) is 10.3 Å². The van der Waals surface area contributed by atoms with Crippen molar-refractivity contribution in [1.82, 2.24) is 15.0 Å². The van der Waals surface area contributed by atoms with Crippen LogP contribution in [-0.4, -0.2) is 20.1 Å². The van der Waals surface area contributed by atoms with Gasteiger partial charge in [-0.05, 0) is 11.4 Å². The van der Waals surface area contributed by atoms with Gasteiger partial charge in [-0.25, -0.2) is 4.68 Å². The monoisotopic (exact) mass is 257 g/mol. The van der Waals surface area contributed by atoms with Crippen LogP contribution in [0, 0.1) is 0 Å². The predicted octanol–water partition coefficient (Wildman–Crippen LogP) is 2.62. The smallest absolute Gasteiger partial charge is 0.138 e. The Morgan fingerprint density at radius 1 is 1.11 bits per heavy atom. The number of thiophene rings is 1. The van der Waals surface area contributed by atoms with E-state index in [9.17, 15) is 5.11 Å². The largest absolute Gasteiger partial charge is 0.374 e. The van der Waals surface area contributed by atoms with Gasteiger partial charge in [0.2, 0.25) is 0 Å². The van der Waals surface area contributed by atoms with Crippen molar-refractivity contribution in [3.63, 3.8) is 0 Å². The molecule has 1 aromatic carbocycles. The second kappa shape index (κ2) is 4.72. The van der Waals surface area contributed by atoms with Gasteiger partial charge in [-0.1, -0.05) is 35.5 Å². The molecule has 0 saturated carbocycles. The first-order valence-corrected chi connectivity index (χ1v) is 6.47. The van der Waals surface area contributed by atoms with Crippen molar-refractivity contribution in [2.75, 3.05) is 0 Å². The van der Waals surface area contributed by atoms with Crippen molar-refractivity contribution in [2.45, 2.75) is 6.73 Å². The molecule has 1 N–H and O–H groups in total. The topological polar surface area (TPSA) is 50.9 Å². The fraction of sp³-hybridized carbons (Fsp3) is 0.0769. The molecule has 0 radical (unpaired) electrons. The van der Waals surface area contributed by atoms with Crippen LogP contribution in [0.15, 0.2) is 47.2 Å². The third-order valence-electron chi connectivity index (χ3n) is 2.71. The van der Waals surface area contributed by atoms with Gasteiger partial charge >= 0.3 is 0 Å². The lowest BCUT2D eigenvalue weighted by Crippen LogP contribution is -2.01. The summed E-state index contributed by atoms with van der Waals surface area (Å²) in [7, 11) is 0. The molecule has 0 unspecified atom stereocenters. The molecule has 90 valence electrons. The SMILES string of the molecule is OCn1nnc(-c2ccsc2)c1-c1ccccc1. The van der Waals surface area contributed by atoms with Crippen molar-refractivity contribution >= 4 is 11.3 Å². The number of hydrogen-bond donors (Lipinski definition) is 1. The number of aromatic nitrogens is 3. The van der Waals surface area contributed by atoms with Crippen molar-refractivity contribution in [2.24, 2.45) is 0 Å². The van der Waals surface area contributed by atoms with Crippen molar-refractivity contribution < 1.29 is 5.11 Å². The van der Waals surface area contributed by atoms with Crippen LogP contribution in [0.1, 0.15) is 0 Å². The summed E-state index contributed by atoms with van der Waals surface area (Å²) in [6, 6.07) is 11.9. The molecule has 3 rings (SSSR count). The van der Waals surface area contributed by atoms with E-state index in [0.717, 1.165) is 22.5 Å². The number of nitrogens with zero attached hydrogens (tertiary/aromatic N) is 3. The molecule has 0 bridgehead atoms. The maximum Gasteiger partial charge on any atom is 0.138 e. The molecule has 5 heteroatoms. The molecular weight excluding hydrogens is 246 g/mol. The molecule has 0 atom stereocenters. The summed E-state index contributed by atoms with van der Waals surface area (Å²) in [5.74, 6) is 0. The Hall–Kier alpha value is -1.98. The Bertz CT molecular complexity index is 632. The van der Waals surface area contributed by atoms with Gasteiger partial charge in [0.25, 0.3) is 0 Å². The zero-order valence-corrected chi connectivity index (χ0v) is 10.3. The van der Waals surface area contributed by atoms with Gasteiger partial charge < -0.3 is 5.11 Å². The average Bonchev–Trinajstić information content (AvgIpc) is 3.08. The standard InChI is InChI=1S/C13H11N3OS/c17-9-16-13(10-4-2-1-3-5-10)12(14-15-16)11-6-7-18-8-11/h1-8,17H,9H2. The second-order valence-corrected chi connectivity index (χ2v) is 4.59. The van der Waals surface area contributed by atoms with Crippen LogP contribution in [0.3, 0.4) is 0 Å². The van der Waals surface area contributed by atoms with Crippen LogP contribution in [0.2, 0.25) is 0 Å². The van der Waals surface area contributed by atoms with Gasteiger partial charge in [-0.15, -0.1) is 5.10 Å². The number of rotatable bonds is 3. The molecule has 4 nitrogen and oxygen atoms in total. The van der Waals surface area contributed by atoms with E-state index < -0.39 is 0 Å². The minimum atomic E-state index is -0.179.